The second-order valence-electron chi connectivity index (χ2n) is 4.36. The third-order valence-electron chi connectivity index (χ3n) is 2.67. The van der Waals surface area contributed by atoms with Crippen LogP contribution in [0, 0.1) is 0 Å². The van der Waals surface area contributed by atoms with E-state index in [0.717, 1.165) is 0 Å². The largest absolute Gasteiger partial charge is 0.491 e. The summed E-state index contributed by atoms with van der Waals surface area (Å²) in [7, 11) is 3.14. The van der Waals surface area contributed by atoms with Gasteiger partial charge in [0.15, 0.2) is 0 Å². The lowest BCUT2D eigenvalue weighted by Crippen LogP contribution is -2.33. The van der Waals surface area contributed by atoms with Crippen molar-refractivity contribution in [3.05, 3.63) is 24.3 Å². The minimum Gasteiger partial charge on any atom is -0.491 e. The summed E-state index contributed by atoms with van der Waals surface area (Å²) in [6.07, 6.45) is -0.0871. The van der Waals surface area contributed by atoms with Crippen LogP contribution in [0.5, 0.6) is 5.75 Å². The van der Waals surface area contributed by atoms with Crippen molar-refractivity contribution in [2.75, 3.05) is 39.2 Å². The zero-order chi connectivity index (χ0) is 15.7. The van der Waals surface area contributed by atoms with E-state index in [1.54, 1.807) is 38.4 Å². The van der Waals surface area contributed by atoms with Gasteiger partial charge in [-0.15, -0.1) is 0 Å². The summed E-state index contributed by atoms with van der Waals surface area (Å²) >= 11 is 0. The highest BCUT2D eigenvalue weighted by molar-refractivity contribution is 5.89. The maximum atomic E-state index is 11.8. The van der Waals surface area contributed by atoms with Gasteiger partial charge in [-0.2, -0.15) is 0 Å². The Bertz CT molecular complexity index is 461. The molecule has 0 saturated carbocycles. The number of carboxylic acid groups (broad SMARTS) is 1. The van der Waals surface area contributed by atoms with Crippen molar-refractivity contribution in [2.24, 2.45) is 0 Å². The van der Waals surface area contributed by atoms with Crippen LogP contribution in [0.15, 0.2) is 24.3 Å². The number of carbonyl (C=O) groups is 2. The Labute approximate surface area is 123 Å². The lowest BCUT2D eigenvalue weighted by molar-refractivity contribution is -0.137. The number of amides is 2. The standard InChI is InChI=1S/C14H20N2O5/c1-16(8-7-13(17)18)14(19)15-11-3-5-12(6-4-11)21-10-9-20-2/h3-6H,7-10H2,1-2H3,(H,15,19)(H,17,18). The van der Waals surface area contributed by atoms with Gasteiger partial charge in [0, 0.05) is 26.4 Å². The van der Waals surface area contributed by atoms with Crippen molar-refractivity contribution in [2.45, 2.75) is 6.42 Å². The maximum Gasteiger partial charge on any atom is 0.321 e. The molecule has 0 aliphatic rings. The molecule has 2 N–H and O–H groups in total. The number of hydrogen-bond donors (Lipinski definition) is 2. The highest BCUT2D eigenvalue weighted by Crippen LogP contribution is 2.16. The van der Waals surface area contributed by atoms with E-state index in [0.29, 0.717) is 24.7 Å². The highest BCUT2D eigenvalue weighted by Gasteiger charge is 2.10. The predicted octanol–water partition coefficient (Wildman–Crippen LogP) is 1.65. The Kier molecular flexibility index (Phi) is 7.03. The molecule has 0 spiro atoms. The van der Waals surface area contributed by atoms with Crippen molar-refractivity contribution in [3.8, 4) is 5.75 Å². The van der Waals surface area contributed by atoms with Crippen molar-refractivity contribution in [3.63, 3.8) is 0 Å². The zero-order valence-corrected chi connectivity index (χ0v) is 12.2. The molecule has 2 amide bonds. The fourth-order valence-electron chi connectivity index (χ4n) is 1.46. The molecule has 0 unspecified atom stereocenters. The fraction of sp³-hybridized carbons (Fsp3) is 0.429. The van der Waals surface area contributed by atoms with Crippen LogP contribution in [-0.2, 0) is 9.53 Å². The van der Waals surface area contributed by atoms with E-state index in [9.17, 15) is 9.59 Å². The number of ether oxygens (including phenoxy) is 2. The van der Waals surface area contributed by atoms with Gasteiger partial charge in [-0.1, -0.05) is 0 Å². The Morgan fingerprint density at radius 2 is 1.90 bits per heavy atom. The topological polar surface area (TPSA) is 88.1 Å². The number of nitrogens with one attached hydrogen (secondary N) is 1. The van der Waals surface area contributed by atoms with Gasteiger partial charge in [-0.05, 0) is 24.3 Å². The molecule has 116 valence electrons. The predicted molar refractivity (Wildman–Crippen MR) is 77.7 cm³/mol. The van der Waals surface area contributed by atoms with Crippen LogP contribution in [0.2, 0.25) is 0 Å². The first-order valence-electron chi connectivity index (χ1n) is 6.48. The molecular weight excluding hydrogens is 276 g/mol. The molecule has 0 fully saturated rings. The summed E-state index contributed by atoms with van der Waals surface area (Å²) in [4.78, 5) is 23.6. The molecule has 0 saturated heterocycles. The third kappa shape index (κ3) is 6.62. The number of nitrogens with zero attached hydrogens (tertiary/aromatic N) is 1. The number of aliphatic carboxylic acids is 1. The number of carbonyl (C=O) groups excluding carboxylic acids is 1. The second kappa shape index (κ2) is 8.80. The molecule has 0 atom stereocenters. The minimum absolute atomic E-state index is 0.0871. The molecule has 0 heterocycles. The smallest absolute Gasteiger partial charge is 0.321 e. The minimum atomic E-state index is -0.938. The number of benzene rings is 1. The van der Waals surface area contributed by atoms with Crippen LogP contribution in [0.1, 0.15) is 6.42 Å². The number of urea groups is 1. The van der Waals surface area contributed by atoms with Gasteiger partial charge in [0.05, 0.1) is 13.0 Å². The van der Waals surface area contributed by atoms with E-state index >= 15 is 0 Å². The summed E-state index contributed by atoms with van der Waals surface area (Å²) in [5.41, 5.74) is 0.612. The Morgan fingerprint density at radius 3 is 2.48 bits per heavy atom. The van der Waals surface area contributed by atoms with Crippen molar-refractivity contribution in [1.82, 2.24) is 4.90 Å². The maximum absolute atomic E-state index is 11.8. The van der Waals surface area contributed by atoms with Crippen LogP contribution in [-0.4, -0.2) is 55.9 Å². The molecule has 21 heavy (non-hydrogen) atoms. The quantitative estimate of drug-likeness (QED) is 0.712. The molecule has 7 heteroatoms. The Hall–Kier alpha value is -2.28. The SMILES string of the molecule is COCCOc1ccc(NC(=O)N(C)CCC(=O)O)cc1. The van der Waals surface area contributed by atoms with E-state index < -0.39 is 5.97 Å². The summed E-state index contributed by atoms with van der Waals surface area (Å²) in [6.45, 7) is 1.12. The molecular formula is C14H20N2O5. The number of methoxy groups -OCH3 is 1. The van der Waals surface area contributed by atoms with E-state index in [4.69, 9.17) is 14.6 Å². The van der Waals surface area contributed by atoms with E-state index in [1.165, 1.54) is 4.90 Å². The average Bonchev–Trinajstić information content (AvgIpc) is 2.46. The van der Waals surface area contributed by atoms with Gasteiger partial charge in [0.2, 0.25) is 0 Å². The molecule has 0 aliphatic carbocycles. The van der Waals surface area contributed by atoms with Crippen LogP contribution < -0.4 is 10.1 Å². The van der Waals surface area contributed by atoms with E-state index in [1.807, 2.05) is 0 Å². The van der Waals surface area contributed by atoms with Crippen LogP contribution in [0.4, 0.5) is 10.5 Å². The summed E-state index contributed by atoms with van der Waals surface area (Å²) in [6, 6.07) is 6.55. The summed E-state index contributed by atoms with van der Waals surface area (Å²) < 4.78 is 10.3. The first-order valence-corrected chi connectivity index (χ1v) is 6.48. The number of carboxylic acids is 1. The van der Waals surface area contributed by atoms with Gasteiger partial charge in [-0.3, -0.25) is 4.79 Å². The van der Waals surface area contributed by atoms with Gasteiger partial charge < -0.3 is 24.8 Å². The first kappa shape index (κ1) is 16.8. The van der Waals surface area contributed by atoms with Crippen molar-refractivity contribution in [1.29, 1.82) is 0 Å². The lowest BCUT2D eigenvalue weighted by Gasteiger charge is -2.17. The monoisotopic (exact) mass is 296 g/mol. The fourth-order valence-corrected chi connectivity index (χ4v) is 1.46. The first-order chi connectivity index (χ1) is 10.0. The number of rotatable bonds is 8. The van der Waals surface area contributed by atoms with Crippen LogP contribution >= 0.6 is 0 Å². The normalized spacial score (nSPS) is 10.0. The molecule has 1 aromatic rings. The average molecular weight is 296 g/mol. The van der Waals surface area contributed by atoms with E-state index in [2.05, 4.69) is 5.32 Å². The van der Waals surface area contributed by atoms with Crippen molar-refractivity contribution >= 4 is 17.7 Å². The molecule has 7 nitrogen and oxygen atoms in total. The van der Waals surface area contributed by atoms with E-state index in [-0.39, 0.29) is 19.0 Å². The molecule has 0 radical (unpaired) electrons. The van der Waals surface area contributed by atoms with Gasteiger partial charge in [0.1, 0.15) is 12.4 Å². The Balaban J connectivity index is 2.43. The lowest BCUT2D eigenvalue weighted by atomic mass is 10.3. The van der Waals surface area contributed by atoms with Gasteiger partial charge in [0.25, 0.3) is 0 Å². The van der Waals surface area contributed by atoms with Gasteiger partial charge >= 0.3 is 12.0 Å². The molecule has 0 bridgehead atoms. The number of hydrogen-bond acceptors (Lipinski definition) is 4. The molecule has 1 rings (SSSR count). The second-order valence-corrected chi connectivity index (χ2v) is 4.36. The molecule has 0 aromatic heterocycles. The summed E-state index contributed by atoms with van der Waals surface area (Å²) in [5, 5.41) is 11.2. The molecule has 0 aliphatic heterocycles. The molecule has 1 aromatic carbocycles. The van der Waals surface area contributed by atoms with Crippen LogP contribution in [0.3, 0.4) is 0 Å². The highest BCUT2D eigenvalue weighted by atomic mass is 16.5. The number of anilines is 1. The van der Waals surface area contributed by atoms with Crippen LogP contribution in [0.25, 0.3) is 0 Å². The summed E-state index contributed by atoms with van der Waals surface area (Å²) in [5.74, 6) is -0.253. The zero-order valence-electron chi connectivity index (χ0n) is 12.2. The third-order valence-corrected chi connectivity index (χ3v) is 2.67. The van der Waals surface area contributed by atoms with Crippen molar-refractivity contribution < 1.29 is 24.2 Å². The van der Waals surface area contributed by atoms with Gasteiger partial charge in [-0.25, -0.2) is 4.79 Å². The Morgan fingerprint density at radius 1 is 1.24 bits per heavy atom.